The van der Waals surface area contributed by atoms with E-state index in [0.29, 0.717) is 5.82 Å². The van der Waals surface area contributed by atoms with Gasteiger partial charge in [-0.15, -0.1) is 0 Å². The molecule has 0 saturated carbocycles. The fourth-order valence-electron chi connectivity index (χ4n) is 1.43. The molecule has 1 rings (SSSR count). The topological polar surface area (TPSA) is 50.9 Å². The Morgan fingerprint density at radius 3 is 3.00 bits per heavy atom. The van der Waals surface area contributed by atoms with Gasteiger partial charge in [-0.25, -0.2) is 4.98 Å². The molecule has 0 aliphatic rings. The lowest BCUT2D eigenvalue weighted by atomic mass is 10.2. The number of hydrogen-bond donors (Lipinski definition) is 2. The van der Waals surface area contributed by atoms with Gasteiger partial charge < -0.3 is 11.1 Å². The Morgan fingerprint density at radius 2 is 2.25 bits per heavy atom. The van der Waals surface area contributed by atoms with E-state index in [1.807, 2.05) is 13.0 Å². The van der Waals surface area contributed by atoms with Gasteiger partial charge in [0.05, 0.1) is 0 Å². The number of rotatable bonds is 6. The Bertz CT molecular complexity index is 345. The van der Waals surface area contributed by atoms with E-state index < -0.39 is 0 Å². The second kappa shape index (κ2) is 7.01. The zero-order valence-corrected chi connectivity index (χ0v) is 10.2. The molecule has 0 bridgehead atoms. The molecule has 3 nitrogen and oxygen atoms in total. The Morgan fingerprint density at radius 1 is 1.44 bits per heavy atom. The molecule has 3 N–H and O–H groups in total. The highest BCUT2D eigenvalue weighted by Gasteiger charge is 1.95. The molecule has 1 heterocycles. The quantitative estimate of drug-likeness (QED) is 0.722. The SMILES string of the molecule is CCCNCCC=Cc1cc(C)cnc1N. The van der Waals surface area contributed by atoms with Gasteiger partial charge in [0.1, 0.15) is 5.82 Å². The van der Waals surface area contributed by atoms with Crippen LogP contribution in [0.1, 0.15) is 30.9 Å². The molecule has 0 saturated heterocycles. The van der Waals surface area contributed by atoms with Crippen molar-refractivity contribution in [3.63, 3.8) is 0 Å². The van der Waals surface area contributed by atoms with E-state index in [4.69, 9.17) is 5.73 Å². The molecule has 0 aromatic carbocycles. The molecule has 0 fully saturated rings. The standard InChI is InChI=1S/C13H21N3/c1-3-7-15-8-5-4-6-12-9-11(2)10-16-13(12)14/h4,6,9-10,15H,3,5,7-8H2,1-2H3,(H2,14,16). The third-order valence-electron chi connectivity index (χ3n) is 2.30. The van der Waals surface area contributed by atoms with Crippen LogP contribution >= 0.6 is 0 Å². The van der Waals surface area contributed by atoms with Crippen LogP contribution in [0.3, 0.4) is 0 Å². The van der Waals surface area contributed by atoms with E-state index in [-0.39, 0.29) is 0 Å². The lowest BCUT2D eigenvalue weighted by Crippen LogP contribution is -2.14. The van der Waals surface area contributed by atoms with Crippen LogP contribution in [0, 0.1) is 6.92 Å². The van der Waals surface area contributed by atoms with Crippen molar-refractivity contribution >= 4 is 11.9 Å². The van der Waals surface area contributed by atoms with Crippen molar-refractivity contribution in [2.75, 3.05) is 18.8 Å². The number of aromatic nitrogens is 1. The second-order valence-electron chi connectivity index (χ2n) is 3.93. The number of anilines is 1. The Hall–Kier alpha value is -1.35. The average molecular weight is 219 g/mol. The summed E-state index contributed by atoms with van der Waals surface area (Å²) in [5, 5.41) is 3.35. The number of nitrogen functional groups attached to an aromatic ring is 1. The van der Waals surface area contributed by atoms with Gasteiger partial charge in [-0.05, 0) is 44.5 Å². The smallest absolute Gasteiger partial charge is 0.130 e. The van der Waals surface area contributed by atoms with E-state index in [1.54, 1.807) is 6.20 Å². The monoisotopic (exact) mass is 219 g/mol. The van der Waals surface area contributed by atoms with Gasteiger partial charge in [0.2, 0.25) is 0 Å². The molecule has 0 atom stereocenters. The lowest BCUT2D eigenvalue weighted by molar-refractivity contribution is 0.679. The Kier molecular flexibility index (Phi) is 5.57. The molecule has 3 heteroatoms. The first kappa shape index (κ1) is 12.7. The Balaban J connectivity index is 2.40. The first-order valence-electron chi connectivity index (χ1n) is 5.83. The van der Waals surface area contributed by atoms with E-state index in [0.717, 1.165) is 30.6 Å². The molecule has 0 aliphatic carbocycles. The molecule has 1 aromatic heterocycles. The summed E-state index contributed by atoms with van der Waals surface area (Å²) in [6.45, 7) is 6.29. The summed E-state index contributed by atoms with van der Waals surface area (Å²) in [6, 6.07) is 2.05. The van der Waals surface area contributed by atoms with Gasteiger partial charge in [0.25, 0.3) is 0 Å². The molecule has 0 radical (unpaired) electrons. The van der Waals surface area contributed by atoms with E-state index >= 15 is 0 Å². The van der Waals surface area contributed by atoms with Crippen molar-refractivity contribution in [3.05, 3.63) is 29.5 Å². The Labute approximate surface area is 97.8 Å². The van der Waals surface area contributed by atoms with Crippen LogP contribution in [-0.2, 0) is 0 Å². The molecular weight excluding hydrogens is 198 g/mol. The van der Waals surface area contributed by atoms with Gasteiger partial charge in [0.15, 0.2) is 0 Å². The fourth-order valence-corrected chi connectivity index (χ4v) is 1.43. The van der Waals surface area contributed by atoms with Gasteiger partial charge in [0, 0.05) is 11.8 Å². The largest absolute Gasteiger partial charge is 0.383 e. The van der Waals surface area contributed by atoms with Crippen molar-refractivity contribution < 1.29 is 0 Å². The van der Waals surface area contributed by atoms with Gasteiger partial charge in [-0.2, -0.15) is 0 Å². The summed E-state index contributed by atoms with van der Waals surface area (Å²) in [5.41, 5.74) is 7.92. The summed E-state index contributed by atoms with van der Waals surface area (Å²) in [4.78, 5) is 4.12. The van der Waals surface area contributed by atoms with Crippen molar-refractivity contribution in [2.45, 2.75) is 26.7 Å². The van der Waals surface area contributed by atoms with Crippen LogP contribution in [0.15, 0.2) is 18.3 Å². The number of pyridine rings is 1. The van der Waals surface area contributed by atoms with Crippen molar-refractivity contribution in [2.24, 2.45) is 0 Å². The molecule has 1 aromatic rings. The molecule has 0 unspecified atom stereocenters. The summed E-state index contributed by atoms with van der Waals surface area (Å²) in [5.74, 6) is 0.600. The molecule has 16 heavy (non-hydrogen) atoms. The van der Waals surface area contributed by atoms with Crippen LogP contribution < -0.4 is 11.1 Å². The van der Waals surface area contributed by atoms with E-state index in [2.05, 4.69) is 29.4 Å². The minimum Gasteiger partial charge on any atom is -0.383 e. The van der Waals surface area contributed by atoms with Crippen LogP contribution in [0.2, 0.25) is 0 Å². The molecular formula is C13H21N3. The predicted molar refractivity (Wildman–Crippen MR) is 70.2 cm³/mol. The predicted octanol–water partition coefficient (Wildman–Crippen LogP) is 2.38. The van der Waals surface area contributed by atoms with Crippen molar-refractivity contribution in [1.82, 2.24) is 10.3 Å². The van der Waals surface area contributed by atoms with E-state index in [1.165, 1.54) is 6.42 Å². The minimum absolute atomic E-state index is 0.600. The first-order chi connectivity index (χ1) is 7.74. The molecule has 0 amide bonds. The first-order valence-corrected chi connectivity index (χ1v) is 5.83. The maximum atomic E-state index is 5.77. The summed E-state index contributed by atoms with van der Waals surface area (Å²) in [6.07, 6.45) is 8.17. The minimum atomic E-state index is 0.600. The van der Waals surface area contributed by atoms with Crippen molar-refractivity contribution in [3.8, 4) is 0 Å². The zero-order chi connectivity index (χ0) is 11.8. The van der Waals surface area contributed by atoms with E-state index in [9.17, 15) is 0 Å². The zero-order valence-electron chi connectivity index (χ0n) is 10.2. The maximum Gasteiger partial charge on any atom is 0.130 e. The molecule has 0 aliphatic heterocycles. The summed E-state index contributed by atoms with van der Waals surface area (Å²) >= 11 is 0. The number of nitrogens with zero attached hydrogens (tertiary/aromatic N) is 1. The third kappa shape index (κ3) is 4.45. The summed E-state index contributed by atoms with van der Waals surface area (Å²) < 4.78 is 0. The van der Waals surface area contributed by atoms with Crippen LogP contribution in [0.5, 0.6) is 0 Å². The van der Waals surface area contributed by atoms with Gasteiger partial charge >= 0.3 is 0 Å². The highest BCUT2D eigenvalue weighted by atomic mass is 14.8. The number of nitrogens with one attached hydrogen (secondary N) is 1. The molecule has 0 spiro atoms. The highest BCUT2D eigenvalue weighted by Crippen LogP contribution is 2.12. The number of hydrogen-bond acceptors (Lipinski definition) is 3. The lowest BCUT2D eigenvalue weighted by Gasteiger charge is -2.01. The fraction of sp³-hybridized carbons (Fsp3) is 0.462. The number of aryl methyl sites for hydroxylation is 1. The highest BCUT2D eigenvalue weighted by molar-refractivity contribution is 5.61. The maximum absolute atomic E-state index is 5.77. The van der Waals surface area contributed by atoms with Crippen LogP contribution in [-0.4, -0.2) is 18.1 Å². The van der Waals surface area contributed by atoms with Crippen molar-refractivity contribution in [1.29, 1.82) is 0 Å². The number of nitrogens with two attached hydrogens (primary N) is 1. The summed E-state index contributed by atoms with van der Waals surface area (Å²) in [7, 11) is 0. The second-order valence-corrected chi connectivity index (χ2v) is 3.93. The van der Waals surface area contributed by atoms with Crippen LogP contribution in [0.4, 0.5) is 5.82 Å². The average Bonchev–Trinajstić information content (AvgIpc) is 2.28. The molecule has 88 valence electrons. The third-order valence-corrected chi connectivity index (χ3v) is 2.30. The van der Waals surface area contributed by atoms with Crippen LogP contribution in [0.25, 0.3) is 6.08 Å². The van der Waals surface area contributed by atoms with Gasteiger partial charge in [-0.3, -0.25) is 0 Å². The normalized spacial score (nSPS) is 11.1. The van der Waals surface area contributed by atoms with Gasteiger partial charge in [-0.1, -0.05) is 19.1 Å².